The Morgan fingerprint density at radius 1 is 1.37 bits per heavy atom. The molecule has 0 bridgehead atoms. The number of nitrogens with zero attached hydrogens (tertiary/aromatic N) is 1. The fourth-order valence-corrected chi connectivity index (χ4v) is 2.68. The highest BCUT2D eigenvalue weighted by Gasteiger charge is 2.23. The van der Waals surface area contributed by atoms with Crippen molar-refractivity contribution < 1.29 is 4.79 Å². The minimum Gasteiger partial charge on any atom is -0.335 e. The Morgan fingerprint density at radius 3 is 2.74 bits per heavy atom. The quantitative estimate of drug-likeness (QED) is 0.873. The van der Waals surface area contributed by atoms with Crippen molar-refractivity contribution in [1.82, 2.24) is 0 Å². The van der Waals surface area contributed by atoms with Gasteiger partial charge in [0.15, 0.2) is 5.17 Å². The zero-order valence-corrected chi connectivity index (χ0v) is 12.3. The van der Waals surface area contributed by atoms with Crippen LogP contribution in [0.25, 0.3) is 0 Å². The number of carbonyl (C=O) groups excluding carboxylic acids is 1. The van der Waals surface area contributed by atoms with Gasteiger partial charge in [0.05, 0.1) is 0 Å². The largest absolute Gasteiger partial charge is 0.335 e. The summed E-state index contributed by atoms with van der Waals surface area (Å²) >= 11 is 1.74. The first-order valence-corrected chi connectivity index (χ1v) is 7.25. The Balaban J connectivity index is 2.03. The number of thioether (sulfide) groups is 1. The average molecular weight is 277 g/mol. The van der Waals surface area contributed by atoms with Crippen LogP contribution >= 0.6 is 11.8 Å². The van der Waals surface area contributed by atoms with Gasteiger partial charge in [-0.05, 0) is 23.6 Å². The van der Waals surface area contributed by atoms with Crippen LogP contribution in [0.5, 0.6) is 0 Å². The van der Waals surface area contributed by atoms with E-state index in [-0.39, 0.29) is 11.3 Å². The van der Waals surface area contributed by atoms with E-state index in [0.717, 1.165) is 28.8 Å². The van der Waals surface area contributed by atoms with Crippen LogP contribution in [0.1, 0.15) is 20.8 Å². The Kier molecular flexibility index (Phi) is 4.14. The van der Waals surface area contributed by atoms with Gasteiger partial charge < -0.3 is 10.6 Å². The summed E-state index contributed by atoms with van der Waals surface area (Å²) in [6.45, 7) is 6.78. The van der Waals surface area contributed by atoms with Gasteiger partial charge in [0, 0.05) is 30.6 Å². The number of benzene rings is 1. The Morgan fingerprint density at radius 2 is 2.11 bits per heavy atom. The Bertz CT molecular complexity index is 511. The molecule has 0 fully saturated rings. The lowest BCUT2D eigenvalue weighted by Crippen LogP contribution is -2.27. The van der Waals surface area contributed by atoms with E-state index in [2.05, 4.69) is 29.5 Å². The normalized spacial score (nSPS) is 17.5. The highest BCUT2D eigenvalue weighted by molar-refractivity contribution is 8.14. The van der Waals surface area contributed by atoms with Crippen molar-refractivity contribution >= 4 is 34.2 Å². The van der Waals surface area contributed by atoms with Gasteiger partial charge >= 0.3 is 0 Å². The summed E-state index contributed by atoms with van der Waals surface area (Å²) in [5.41, 5.74) is 2.00. The van der Waals surface area contributed by atoms with Crippen molar-refractivity contribution in [2.45, 2.75) is 20.8 Å². The number of carbonyl (C=O) groups is 1. The number of rotatable bonds is 2. The summed E-state index contributed by atoms with van der Waals surface area (Å²) in [4.78, 5) is 15.6. The molecule has 1 aliphatic heterocycles. The van der Waals surface area contributed by atoms with Gasteiger partial charge in [-0.2, -0.15) is 0 Å². The van der Waals surface area contributed by atoms with Crippen molar-refractivity contribution in [2.75, 3.05) is 22.9 Å². The fraction of sp³-hybridized carbons (Fsp3) is 0.429. The van der Waals surface area contributed by atoms with Gasteiger partial charge in [0.25, 0.3) is 0 Å². The minimum absolute atomic E-state index is 0.0664. The van der Waals surface area contributed by atoms with Crippen molar-refractivity contribution in [3.05, 3.63) is 24.3 Å². The highest BCUT2D eigenvalue weighted by Crippen LogP contribution is 2.28. The third-order valence-corrected chi connectivity index (χ3v) is 4.11. The SMILES string of the molecule is CC(=O)Nc1cccc(NC2=NCC(C)(C)CS2)c1. The summed E-state index contributed by atoms with van der Waals surface area (Å²) in [5.74, 6) is 0.993. The highest BCUT2D eigenvalue weighted by atomic mass is 32.2. The van der Waals surface area contributed by atoms with Gasteiger partial charge in [-0.1, -0.05) is 31.7 Å². The van der Waals surface area contributed by atoms with E-state index in [1.807, 2.05) is 24.3 Å². The number of hydrogen-bond acceptors (Lipinski definition) is 4. The number of aliphatic imine (C=N–C) groups is 1. The molecule has 0 atom stereocenters. The third kappa shape index (κ3) is 4.28. The molecule has 0 aliphatic carbocycles. The minimum atomic E-state index is -0.0664. The fourth-order valence-electron chi connectivity index (χ4n) is 1.72. The van der Waals surface area contributed by atoms with Gasteiger partial charge in [0.1, 0.15) is 0 Å². The second-order valence-electron chi connectivity index (χ2n) is 5.46. The lowest BCUT2D eigenvalue weighted by atomic mass is 9.97. The second kappa shape index (κ2) is 5.65. The standard InChI is InChI=1S/C14H19N3OS/c1-10(18)16-11-5-4-6-12(7-11)17-13-15-8-14(2,3)9-19-13/h4-7H,8-9H2,1-3H3,(H,15,17)(H,16,18). The molecule has 1 amide bonds. The second-order valence-corrected chi connectivity index (χ2v) is 6.43. The number of anilines is 2. The van der Waals surface area contributed by atoms with Crippen LogP contribution in [0, 0.1) is 5.41 Å². The van der Waals surface area contributed by atoms with Crippen LogP contribution in [-0.2, 0) is 4.79 Å². The Hall–Kier alpha value is -1.49. The van der Waals surface area contributed by atoms with E-state index in [4.69, 9.17) is 0 Å². The smallest absolute Gasteiger partial charge is 0.221 e. The van der Waals surface area contributed by atoms with Gasteiger partial charge in [0.2, 0.25) is 5.91 Å². The van der Waals surface area contributed by atoms with Gasteiger partial charge in [-0.15, -0.1) is 0 Å². The van der Waals surface area contributed by atoms with E-state index in [1.165, 1.54) is 6.92 Å². The molecule has 4 nitrogen and oxygen atoms in total. The maximum Gasteiger partial charge on any atom is 0.221 e. The molecule has 1 aromatic rings. The summed E-state index contributed by atoms with van der Waals surface area (Å²) in [6.07, 6.45) is 0. The van der Waals surface area contributed by atoms with Crippen molar-refractivity contribution in [1.29, 1.82) is 0 Å². The van der Waals surface area contributed by atoms with Crippen molar-refractivity contribution in [3.8, 4) is 0 Å². The molecule has 0 radical (unpaired) electrons. The maximum atomic E-state index is 11.0. The van der Waals surface area contributed by atoms with E-state index in [9.17, 15) is 4.79 Å². The first-order valence-electron chi connectivity index (χ1n) is 6.27. The summed E-state index contributed by atoms with van der Waals surface area (Å²) in [7, 11) is 0. The number of nitrogens with one attached hydrogen (secondary N) is 2. The monoisotopic (exact) mass is 277 g/mol. The number of amides is 1. The van der Waals surface area contributed by atoms with Crippen LogP contribution < -0.4 is 10.6 Å². The molecule has 102 valence electrons. The third-order valence-electron chi connectivity index (χ3n) is 2.68. The first kappa shape index (κ1) is 13.9. The van der Waals surface area contributed by atoms with Gasteiger partial charge in [-0.3, -0.25) is 9.79 Å². The molecule has 1 heterocycles. The molecule has 0 spiro atoms. The number of hydrogen-bond donors (Lipinski definition) is 2. The van der Waals surface area contributed by atoms with Crippen LogP contribution in [0.4, 0.5) is 11.4 Å². The molecule has 0 saturated heterocycles. The van der Waals surface area contributed by atoms with E-state index in [0.29, 0.717) is 0 Å². The molecule has 0 saturated carbocycles. The molecule has 1 aromatic carbocycles. The Labute approximate surface area is 118 Å². The summed E-state index contributed by atoms with van der Waals surface area (Å²) in [6, 6.07) is 7.65. The summed E-state index contributed by atoms with van der Waals surface area (Å²) < 4.78 is 0. The molecule has 0 aromatic heterocycles. The van der Waals surface area contributed by atoms with Crippen molar-refractivity contribution in [3.63, 3.8) is 0 Å². The lowest BCUT2D eigenvalue weighted by Gasteiger charge is -2.27. The zero-order valence-electron chi connectivity index (χ0n) is 11.5. The predicted octanol–water partition coefficient (Wildman–Crippen LogP) is 3.19. The average Bonchev–Trinajstić information content (AvgIpc) is 2.32. The van der Waals surface area contributed by atoms with Crippen LogP contribution in [0.3, 0.4) is 0 Å². The topological polar surface area (TPSA) is 53.5 Å². The molecule has 2 rings (SSSR count). The van der Waals surface area contributed by atoms with Crippen LogP contribution in [0.2, 0.25) is 0 Å². The first-order chi connectivity index (χ1) is 8.94. The number of amidine groups is 1. The van der Waals surface area contributed by atoms with Crippen molar-refractivity contribution in [2.24, 2.45) is 10.4 Å². The molecule has 5 heteroatoms. The molecule has 1 aliphatic rings. The maximum absolute atomic E-state index is 11.0. The molecular weight excluding hydrogens is 258 g/mol. The molecular formula is C14H19N3OS. The van der Waals surface area contributed by atoms with Gasteiger partial charge in [-0.25, -0.2) is 0 Å². The summed E-state index contributed by atoms with van der Waals surface area (Å²) in [5, 5.41) is 7.01. The molecule has 19 heavy (non-hydrogen) atoms. The van der Waals surface area contributed by atoms with E-state index < -0.39 is 0 Å². The molecule has 2 N–H and O–H groups in total. The predicted molar refractivity (Wildman–Crippen MR) is 82.9 cm³/mol. The lowest BCUT2D eigenvalue weighted by molar-refractivity contribution is -0.114. The van der Waals surface area contributed by atoms with E-state index in [1.54, 1.807) is 11.8 Å². The zero-order chi connectivity index (χ0) is 13.9. The van der Waals surface area contributed by atoms with E-state index >= 15 is 0 Å². The molecule has 0 unspecified atom stereocenters. The van der Waals surface area contributed by atoms with Crippen LogP contribution in [-0.4, -0.2) is 23.4 Å². The van der Waals surface area contributed by atoms with Crippen LogP contribution in [0.15, 0.2) is 29.3 Å².